The second-order valence-corrected chi connectivity index (χ2v) is 9.56. The molecule has 2 aliphatic rings. The highest BCUT2D eigenvalue weighted by Crippen LogP contribution is 2.28. The summed E-state index contributed by atoms with van der Waals surface area (Å²) in [6, 6.07) is 7.28. The van der Waals surface area contributed by atoms with Crippen molar-refractivity contribution in [1.82, 2.24) is 10.0 Å². The molecule has 0 N–H and O–H groups in total. The molecule has 3 rings (SSSR count). The molecule has 1 aromatic rings. The van der Waals surface area contributed by atoms with E-state index in [-0.39, 0.29) is 35.8 Å². The summed E-state index contributed by atoms with van der Waals surface area (Å²) in [6.07, 6.45) is 0.588. The van der Waals surface area contributed by atoms with Gasteiger partial charge in [-0.1, -0.05) is 17.7 Å². The first-order valence-electron chi connectivity index (χ1n) is 8.76. The standard InChI is InChI=1S/C18H25N3O4S/c1-13-4-6-15(7-5-13)20-11-14(10-17(20)22)18(23)21(19(2)3)16-8-9-26(24,25)12-16/h4-7,14,16H,8-12H2,1-3H3. The van der Waals surface area contributed by atoms with Crippen molar-refractivity contribution >= 4 is 27.3 Å². The Balaban J connectivity index is 1.76. The second kappa shape index (κ2) is 7.00. The molecule has 2 fully saturated rings. The Morgan fingerprint density at radius 3 is 2.38 bits per heavy atom. The molecule has 0 radical (unpaired) electrons. The minimum Gasteiger partial charge on any atom is -0.312 e. The highest BCUT2D eigenvalue weighted by molar-refractivity contribution is 7.91. The molecule has 2 unspecified atom stereocenters. The van der Waals surface area contributed by atoms with Gasteiger partial charge in [0.25, 0.3) is 0 Å². The van der Waals surface area contributed by atoms with Crippen molar-refractivity contribution in [1.29, 1.82) is 0 Å². The number of amides is 2. The number of anilines is 1. The average molecular weight is 379 g/mol. The second-order valence-electron chi connectivity index (χ2n) is 7.33. The third-order valence-corrected chi connectivity index (χ3v) is 6.78. The van der Waals surface area contributed by atoms with Gasteiger partial charge in [-0.05, 0) is 25.5 Å². The predicted molar refractivity (Wildman–Crippen MR) is 99.2 cm³/mol. The summed E-state index contributed by atoms with van der Waals surface area (Å²) in [5.74, 6) is -0.632. The van der Waals surface area contributed by atoms with Crippen LogP contribution in [-0.4, -0.2) is 68.4 Å². The van der Waals surface area contributed by atoms with E-state index in [0.29, 0.717) is 13.0 Å². The smallest absolute Gasteiger partial charge is 0.242 e. The molecular formula is C18H25N3O4S. The Morgan fingerprint density at radius 2 is 1.85 bits per heavy atom. The van der Waals surface area contributed by atoms with E-state index < -0.39 is 15.8 Å². The van der Waals surface area contributed by atoms with Crippen LogP contribution in [-0.2, 0) is 19.4 Å². The molecule has 2 amide bonds. The zero-order valence-electron chi connectivity index (χ0n) is 15.4. The predicted octanol–water partition coefficient (Wildman–Crippen LogP) is 0.840. The van der Waals surface area contributed by atoms with Gasteiger partial charge in [-0.3, -0.25) is 14.6 Å². The maximum absolute atomic E-state index is 13.1. The molecule has 0 aromatic heterocycles. The van der Waals surface area contributed by atoms with Crippen LogP contribution in [0.2, 0.25) is 0 Å². The molecule has 0 saturated carbocycles. The topological polar surface area (TPSA) is 78.0 Å². The van der Waals surface area contributed by atoms with Gasteiger partial charge in [-0.25, -0.2) is 13.4 Å². The maximum Gasteiger partial charge on any atom is 0.242 e. The molecule has 7 nitrogen and oxygen atoms in total. The van der Waals surface area contributed by atoms with Crippen molar-refractivity contribution in [2.24, 2.45) is 5.92 Å². The van der Waals surface area contributed by atoms with Gasteiger partial charge >= 0.3 is 0 Å². The number of hydrogen-bond donors (Lipinski definition) is 0. The van der Waals surface area contributed by atoms with Crippen LogP contribution < -0.4 is 4.90 Å². The van der Waals surface area contributed by atoms with Gasteiger partial charge in [0.15, 0.2) is 9.84 Å². The zero-order valence-corrected chi connectivity index (χ0v) is 16.2. The van der Waals surface area contributed by atoms with Gasteiger partial charge in [-0.2, -0.15) is 0 Å². The van der Waals surface area contributed by atoms with Crippen molar-refractivity contribution in [3.05, 3.63) is 29.8 Å². The monoisotopic (exact) mass is 379 g/mol. The Labute approximate surface area is 154 Å². The number of aryl methyl sites for hydroxylation is 1. The molecule has 0 bridgehead atoms. The quantitative estimate of drug-likeness (QED) is 0.725. The molecule has 26 heavy (non-hydrogen) atoms. The van der Waals surface area contributed by atoms with Crippen LogP contribution in [0, 0.1) is 12.8 Å². The summed E-state index contributed by atoms with van der Waals surface area (Å²) in [4.78, 5) is 27.1. The number of sulfone groups is 1. The molecule has 2 atom stereocenters. The molecule has 0 spiro atoms. The van der Waals surface area contributed by atoms with E-state index in [9.17, 15) is 18.0 Å². The lowest BCUT2D eigenvalue weighted by atomic mass is 10.1. The maximum atomic E-state index is 13.1. The summed E-state index contributed by atoms with van der Waals surface area (Å²) < 4.78 is 23.6. The van der Waals surface area contributed by atoms with Crippen molar-refractivity contribution in [2.75, 3.05) is 37.0 Å². The number of carbonyl (C=O) groups is 2. The fourth-order valence-corrected chi connectivity index (χ4v) is 5.40. The van der Waals surface area contributed by atoms with E-state index in [1.807, 2.05) is 31.2 Å². The van der Waals surface area contributed by atoms with Gasteiger partial charge in [0.05, 0.1) is 23.5 Å². The summed E-state index contributed by atoms with van der Waals surface area (Å²) in [7, 11) is 0.369. The van der Waals surface area contributed by atoms with Gasteiger partial charge in [0.1, 0.15) is 0 Å². The molecule has 2 heterocycles. The van der Waals surface area contributed by atoms with Crippen LogP contribution in [0.1, 0.15) is 18.4 Å². The van der Waals surface area contributed by atoms with E-state index in [1.54, 1.807) is 24.0 Å². The van der Waals surface area contributed by atoms with E-state index >= 15 is 0 Å². The lowest BCUT2D eigenvalue weighted by Crippen LogP contribution is -2.52. The van der Waals surface area contributed by atoms with E-state index in [0.717, 1.165) is 11.3 Å². The highest BCUT2D eigenvalue weighted by atomic mass is 32.2. The van der Waals surface area contributed by atoms with Crippen molar-refractivity contribution < 1.29 is 18.0 Å². The summed E-state index contributed by atoms with van der Waals surface area (Å²) in [6.45, 7) is 2.30. The largest absolute Gasteiger partial charge is 0.312 e. The van der Waals surface area contributed by atoms with Crippen LogP contribution in [0.25, 0.3) is 0 Å². The number of rotatable bonds is 4. The van der Waals surface area contributed by atoms with E-state index in [4.69, 9.17) is 0 Å². The van der Waals surface area contributed by atoms with Crippen LogP contribution >= 0.6 is 0 Å². The Hall–Kier alpha value is -1.93. The summed E-state index contributed by atoms with van der Waals surface area (Å²) in [5, 5.41) is 3.17. The van der Waals surface area contributed by atoms with Crippen LogP contribution in [0.3, 0.4) is 0 Å². The van der Waals surface area contributed by atoms with Gasteiger partial charge in [0.2, 0.25) is 11.8 Å². The third kappa shape index (κ3) is 3.76. The number of hydrazine groups is 1. The molecule has 0 aliphatic carbocycles. The first kappa shape index (κ1) is 18.8. The normalized spacial score (nSPS) is 25.1. The molecular weight excluding hydrogens is 354 g/mol. The highest BCUT2D eigenvalue weighted by Gasteiger charge is 2.42. The van der Waals surface area contributed by atoms with Crippen LogP contribution in [0.5, 0.6) is 0 Å². The average Bonchev–Trinajstić information content (AvgIpc) is 3.11. The Bertz CT molecular complexity index is 804. The first-order chi connectivity index (χ1) is 12.2. The molecule has 2 aliphatic heterocycles. The fourth-order valence-electron chi connectivity index (χ4n) is 3.71. The van der Waals surface area contributed by atoms with Crippen molar-refractivity contribution in [3.63, 3.8) is 0 Å². The van der Waals surface area contributed by atoms with E-state index in [2.05, 4.69) is 0 Å². The minimum atomic E-state index is -3.10. The van der Waals surface area contributed by atoms with Crippen LogP contribution in [0.4, 0.5) is 5.69 Å². The number of carbonyl (C=O) groups excluding carboxylic acids is 2. The third-order valence-electron chi connectivity index (χ3n) is 5.03. The zero-order chi connectivity index (χ0) is 19.1. The molecule has 1 aromatic carbocycles. The molecule has 8 heteroatoms. The van der Waals surface area contributed by atoms with Crippen LogP contribution in [0.15, 0.2) is 24.3 Å². The Morgan fingerprint density at radius 1 is 1.19 bits per heavy atom. The summed E-state index contributed by atoms with van der Waals surface area (Å²) in [5.41, 5.74) is 1.89. The number of nitrogens with zero attached hydrogens (tertiary/aromatic N) is 3. The molecule has 142 valence electrons. The number of benzene rings is 1. The number of hydrogen-bond acceptors (Lipinski definition) is 5. The lowest BCUT2D eigenvalue weighted by molar-refractivity contribution is -0.153. The molecule has 2 saturated heterocycles. The SMILES string of the molecule is Cc1ccc(N2CC(C(=O)N(C3CCS(=O)(=O)C3)N(C)C)CC2=O)cc1. The van der Waals surface area contributed by atoms with E-state index in [1.165, 1.54) is 5.01 Å². The van der Waals surface area contributed by atoms with Gasteiger partial charge in [-0.15, -0.1) is 0 Å². The first-order valence-corrected chi connectivity index (χ1v) is 10.6. The fraction of sp³-hybridized carbons (Fsp3) is 0.556. The lowest BCUT2D eigenvalue weighted by Gasteiger charge is -2.35. The van der Waals surface area contributed by atoms with Crippen molar-refractivity contribution in [2.45, 2.75) is 25.8 Å². The Kier molecular flexibility index (Phi) is 5.07. The van der Waals surface area contributed by atoms with Gasteiger partial charge < -0.3 is 4.90 Å². The summed E-state index contributed by atoms with van der Waals surface area (Å²) >= 11 is 0. The minimum absolute atomic E-state index is 0.0146. The van der Waals surface area contributed by atoms with Crippen molar-refractivity contribution in [3.8, 4) is 0 Å². The van der Waals surface area contributed by atoms with Gasteiger partial charge in [0, 0.05) is 32.7 Å².